The van der Waals surface area contributed by atoms with E-state index in [1.165, 1.54) is 5.56 Å². The van der Waals surface area contributed by atoms with Gasteiger partial charge in [0.1, 0.15) is 5.82 Å². The molecule has 1 saturated heterocycles. The molecule has 3 nitrogen and oxygen atoms in total. The fourth-order valence-corrected chi connectivity index (χ4v) is 2.09. The van der Waals surface area contributed by atoms with E-state index in [4.69, 9.17) is 0 Å². The van der Waals surface area contributed by atoms with E-state index in [1.54, 1.807) is 0 Å². The minimum absolute atomic E-state index is 0.701. The average molecular weight is 219 g/mol. The van der Waals surface area contributed by atoms with Gasteiger partial charge < -0.3 is 10.2 Å². The van der Waals surface area contributed by atoms with Crippen LogP contribution < -0.4 is 10.2 Å². The molecule has 0 spiro atoms. The molecule has 2 heterocycles. The van der Waals surface area contributed by atoms with E-state index in [0.29, 0.717) is 5.92 Å². The van der Waals surface area contributed by atoms with Gasteiger partial charge in [-0.1, -0.05) is 19.9 Å². The molecule has 1 aliphatic rings. The third-order valence-electron chi connectivity index (χ3n) is 2.89. The predicted octanol–water partition coefficient (Wildman–Crippen LogP) is 1.69. The fourth-order valence-electron chi connectivity index (χ4n) is 2.09. The van der Waals surface area contributed by atoms with Gasteiger partial charge in [0.15, 0.2) is 0 Å². The first kappa shape index (κ1) is 11.4. The Morgan fingerprint density at radius 2 is 2.06 bits per heavy atom. The van der Waals surface area contributed by atoms with Crippen LogP contribution in [-0.2, 0) is 6.42 Å². The van der Waals surface area contributed by atoms with E-state index in [1.807, 2.05) is 6.20 Å². The maximum atomic E-state index is 4.55. The molecule has 0 radical (unpaired) electrons. The second-order valence-corrected chi connectivity index (χ2v) is 4.86. The topological polar surface area (TPSA) is 28.2 Å². The summed E-state index contributed by atoms with van der Waals surface area (Å²) in [5.74, 6) is 1.82. The van der Waals surface area contributed by atoms with Crippen LogP contribution in [0.5, 0.6) is 0 Å². The van der Waals surface area contributed by atoms with Gasteiger partial charge in [-0.3, -0.25) is 0 Å². The number of hydrogen-bond donors (Lipinski definition) is 1. The average Bonchev–Trinajstić information content (AvgIpc) is 2.30. The summed E-state index contributed by atoms with van der Waals surface area (Å²) < 4.78 is 0. The summed E-state index contributed by atoms with van der Waals surface area (Å²) in [7, 11) is 0. The molecular weight excluding hydrogens is 198 g/mol. The Morgan fingerprint density at radius 3 is 2.62 bits per heavy atom. The highest BCUT2D eigenvalue weighted by molar-refractivity contribution is 5.39. The summed E-state index contributed by atoms with van der Waals surface area (Å²) in [6.07, 6.45) is 3.15. The molecule has 1 fully saturated rings. The van der Waals surface area contributed by atoms with Crippen molar-refractivity contribution in [2.24, 2.45) is 5.92 Å². The normalized spacial score (nSPS) is 16.8. The predicted molar refractivity (Wildman–Crippen MR) is 67.9 cm³/mol. The van der Waals surface area contributed by atoms with Crippen molar-refractivity contribution in [2.75, 3.05) is 31.1 Å². The summed E-state index contributed by atoms with van der Waals surface area (Å²) >= 11 is 0. The van der Waals surface area contributed by atoms with Crippen molar-refractivity contribution >= 4 is 5.82 Å². The van der Waals surface area contributed by atoms with Gasteiger partial charge in [0.2, 0.25) is 0 Å². The zero-order valence-corrected chi connectivity index (χ0v) is 10.2. The lowest BCUT2D eigenvalue weighted by Crippen LogP contribution is -2.43. The zero-order valence-electron chi connectivity index (χ0n) is 10.2. The molecular formula is C13H21N3. The lowest BCUT2D eigenvalue weighted by Gasteiger charge is -2.28. The Balaban J connectivity index is 2.00. The summed E-state index contributed by atoms with van der Waals surface area (Å²) in [4.78, 5) is 6.90. The zero-order chi connectivity index (χ0) is 11.4. The molecule has 0 aromatic carbocycles. The number of piperazine rings is 1. The first-order valence-electron chi connectivity index (χ1n) is 6.16. The summed E-state index contributed by atoms with van der Waals surface area (Å²) in [6.45, 7) is 8.74. The molecule has 1 aromatic rings. The van der Waals surface area contributed by atoms with Gasteiger partial charge in [-0.2, -0.15) is 0 Å². The SMILES string of the molecule is CC(C)Cc1ccc(N2CCNCC2)nc1. The third-order valence-corrected chi connectivity index (χ3v) is 2.89. The molecule has 1 N–H and O–H groups in total. The van der Waals surface area contributed by atoms with Crippen LogP contribution in [0.3, 0.4) is 0 Å². The van der Waals surface area contributed by atoms with Crippen LogP contribution in [0.25, 0.3) is 0 Å². The van der Waals surface area contributed by atoms with E-state index in [9.17, 15) is 0 Å². The van der Waals surface area contributed by atoms with Gasteiger partial charge >= 0.3 is 0 Å². The lowest BCUT2D eigenvalue weighted by molar-refractivity contribution is 0.584. The number of aromatic nitrogens is 1. The summed E-state index contributed by atoms with van der Waals surface area (Å²) in [5.41, 5.74) is 1.34. The Kier molecular flexibility index (Phi) is 3.78. The highest BCUT2D eigenvalue weighted by Crippen LogP contribution is 2.14. The van der Waals surface area contributed by atoms with Crippen LogP contribution in [0.4, 0.5) is 5.82 Å². The van der Waals surface area contributed by atoms with Gasteiger partial charge in [0.25, 0.3) is 0 Å². The highest BCUT2D eigenvalue weighted by Gasteiger charge is 2.11. The highest BCUT2D eigenvalue weighted by atomic mass is 15.2. The molecule has 1 aromatic heterocycles. The molecule has 1 aliphatic heterocycles. The quantitative estimate of drug-likeness (QED) is 0.838. The maximum absolute atomic E-state index is 4.55. The molecule has 16 heavy (non-hydrogen) atoms. The Hall–Kier alpha value is -1.09. The van der Waals surface area contributed by atoms with Gasteiger partial charge in [-0.15, -0.1) is 0 Å². The van der Waals surface area contributed by atoms with Gasteiger partial charge in [-0.05, 0) is 24.0 Å². The van der Waals surface area contributed by atoms with Crippen LogP contribution in [0.2, 0.25) is 0 Å². The Morgan fingerprint density at radius 1 is 1.31 bits per heavy atom. The molecule has 0 unspecified atom stereocenters. The molecule has 0 atom stereocenters. The molecule has 3 heteroatoms. The standard InChI is InChI=1S/C13H21N3/c1-11(2)9-12-3-4-13(15-10-12)16-7-5-14-6-8-16/h3-4,10-11,14H,5-9H2,1-2H3. The summed E-state index contributed by atoms with van der Waals surface area (Å²) in [6, 6.07) is 4.37. The lowest BCUT2D eigenvalue weighted by atomic mass is 10.1. The largest absolute Gasteiger partial charge is 0.354 e. The molecule has 2 rings (SSSR count). The Labute approximate surface area is 97.9 Å². The maximum Gasteiger partial charge on any atom is 0.128 e. The van der Waals surface area contributed by atoms with E-state index in [0.717, 1.165) is 38.4 Å². The number of nitrogens with zero attached hydrogens (tertiary/aromatic N) is 2. The van der Waals surface area contributed by atoms with Crippen molar-refractivity contribution in [3.8, 4) is 0 Å². The number of anilines is 1. The van der Waals surface area contributed by atoms with E-state index < -0.39 is 0 Å². The van der Waals surface area contributed by atoms with Crippen molar-refractivity contribution < 1.29 is 0 Å². The molecule has 0 amide bonds. The fraction of sp³-hybridized carbons (Fsp3) is 0.615. The molecule has 0 saturated carbocycles. The molecule has 0 aliphatic carbocycles. The minimum Gasteiger partial charge on any atom is -0.354 e. The van der Waals surface area contributed by atoms with Crippen molar-refractivity contribution in [3.05, 3.63) is 23.9 Å². The number of nitrogens with one attached hydrogen (secondary N) is 1. The van der Waals surface area contributed by atoms with Crippen LogP contribution >= 0.6 is 0 Å². The van der Waals surface area contributed by atoms with Gasteiger partial charge in [0, 0.05) is 32.4 Å². The minimum atomic E-state index is 0.701. The van der Waals surface area contributed by atoms with Gasteiger partial charge in [-0.25, -0.2) is 4.98 Å². The van der Waals surface area contributed by atoms with Crippen LogP contribution in [-0.4, -0.2) is 31.2 Å². The van der Waals surface area contributed by atoms with Crippen LogP contribution in [0.15, 0.2) is 18.3 Å². The molecule has 88 valence electrons. The monoisotopic (exact) mass is 219 g/mol. The first-order chi connectivity index (χ1) is 7.75. The van der Waals surface area contributed by atoms with Gasteiger partial charge in [0.05, 0.1) is 0 Å². The van der Waals surface area contributed by atoms with Crippen molar-refractivity contribution in [1.29, 1.82) is 0 Å². The van der Waals surface area contributed by atoms with Crippen LogP contribution in [0, 0.1) is 5.92 Å². The van der Waals surface area contributed by atoms with E-state index in [2.05, 4.69) is 41.2 Å². The number of pyridine rings is 1. The van der Waals surface area contributed by atoms with Crippen LogP contribution in [0.1, 0.15) is 19.4 Å². The van der Waals surface area contributed by atoms with Crippen molar-refractivity contribution in [1.82, 2.24) is 10.3 Å². The second-order valence-electron chi connectivity index (χ2n) is 4.86. The Bertz CT molecular complexity index is 312. The molecule has 0 bridgehead atoms. The van der Waals surface area contributed by atoms with Crippen molar-refractivity contribution in [2.45, 2.75) is 20.3 Å². The van der Waals surface area contributed by atoms with E-state index >= 15 is 0 Å². The smallest absolute Gasteiger partial charge is 0.128 e. The van der Waals surface area contributed by atoms with E-state index in [-0.39, 0.29) is 0 Å². The number of rotatable bonds is 3. The third kappa shape index (κ3) is 2.95. The first-order valence-corrected chi connectivity index (χ1v) is 6.16. The number of hydrogen-bond acceptors (Lipinski definition) is 3. The van der Waals surface area contributed by atoms with Crippen molar-refractivity contribution in [3.63, 3.8) is 0 Å². The summed E-state index contributed by atoms with van der Waals surface area (Å²) in [5, 5.41) is 3.35. The second kappa shape index (κ2) is 5.30.